The van der Waals surface area contributed by atoms with E-state index in [9.17, 15) is 4.79 Å². The predicted molar refractivity (Wildman–Crippen MR) is 126 cm³/mol. The largest absolute Gasteiger partial charge is 0.395 e. The molecule has 1 aliphatic rings. The van der Waals surface area contributed by atoms with Crippen LogP contribution in [0.3, 0.4) is 0 Å². The van der Waals surface area contributed by atoms with Crippen molar-refractivity contribution in [1.29, 1.82) is 0 Å². The molecule has 0 amide bonds. The number of nitrogens with zero attached hydrogens (tertiary/aromatic N) is 2. The van der Waals surface area contributed by atoms with Gasteiger partial charge in [0.25, 0.3) is 0 Å². The van der Waals surface area contributed by atoms with Crippen LogP contribution in [0.15, 0.2) is 41.2 Å². The first-order chi connectivity index (χ1) is 14.4. The molecular formula is C24H32ClN3O2. The van der Waals surface area contributed by atoms with E-state index in [-0.39, 0.29) is 12.0 Å². The summed E-state index contributed by atoms with van der Waals surface area (Å²) >= 11 is 6.09. The maximum Gasteiger partial charge on any atom is 0.206 e. The van der Waals surface area contributed by atoms with Crippen LogP contribution in [0.4, 0.5) is 11.4 Å². The third kappa shape index (κ3) is 5.54. The second-order valence-corrected chi connectivity index (χ2v) is 8.68. The first-order valence-electron chi connectivity index (χ1n) is 10.6. The molecule has 162 valence electrons. The van der Waals surface area contributed by atoms with Crippen LogP contribution in [0.2, 0.25) is 5.02 Å². The number of anilines is 2. The standard InChI is InChI=1S/C24H32ClN3O2/c1-17(2)19-4-5-20(24(30)22(15-19)26-8-13-29)16-27-9-11-28(12-10-27)23-7-6-21(25)14-18(23)3/h4-7,14-15,17,29H,8-13,16H2,1-3H3,(H,26,30). The number of aliphatic hydroxyl groups excluding tert-OH is 1. The third-order valence-electron chi connectivity index (χ3n) is 5.68. The molecule has 30 heavy (non-hydrogen) atoms. The van der Waals surface area contributed by atoms with Crippen LogP contribution in [0, 0.1) is 6.92 Å². The Morgan fingerprint density at radius 1 is 1.10 bits per heavy atom. The maximum absolute atomic E-state index is 13.1. The van der Waals surface area contributed by atoms with Crippen molar-refractivity contribution in [3.05, 3.63) is 68.3 Å². The molecule has 1 aliphatic heterocycles. The van der Waals surface area contributed by atoms with Crippen LogP contribution in [0.5, 0.6) is 0 Å². The molecule has 0 aromatic heterocycles. The second kappa shape index (κ2) is 10.3. The molecule has 3 rings (SSSR count). The van der Waals surface area contributed by atoms with Crippen molar-refractivity contribution in [2.75, 3.05) is 49.5 Å². The minimum atomic E-state index is -0.00350. The highest BCUT2D eigenvalue weighted by molar-refractivity contribution is 6.30. The van der Waals surface area contributed by atoms with Gasteiger partial charge in [0, 0.05) is 55.5 Å². The van der Waals surface area contributed by atoms with Crippen LogP contribution in [0.25, 0.3) is 0 Å². The lowest BCUT2D eigenvalue weighted by Crippen LogP contribution is -2.46. The smallest absolute Gasteiger partial charge is 0.206 e. The molecule has 2 N–H and O–H groups in total. The van der Waals surface area contributed by atoms with E-state index in [4.69, 9.17) is 16.7 Å². The van der Waals surface area contributed by atoms with Gasteiger partial charge in [0.2, 0.25) is 5.43 Å². The van der Waals surface area contributed by atoms with E-state index in [1.165, 1.54) is 11.3 Å². The molecule has 1 fully saturated rings. The predicted octanol–water partition coefficient (Wildman–Crippen LogP) is 3.86. The fourth-order valence-corrected chi connectivity index (χ4v) is 4.12. The Morgan fingerprint density at radius 3 is 2.47 bits per heavy atom. The van der Waals surface area contributed by atoms with Gasteiger partial charge in [0.05, 0.1) is 12.3 Å². The van der Waals surface area contributed by atoms with E-state index in [1.54, 1.807) is 0 Å². The van der Waals surface area contributed by atoms with Gasteiger partial charge in [-0.2, -0.15) is 0 Å². The SMILES string of the molecule is Cc1cc(Cl)ccc1N1CCN(Cc2ccc(C(C)C)cc(NCCO)c2=O)CC1. The van der Waals surface area contributed by atoms with Crippen molar-refractivity contribution < 1.29 is 5.11 Å². The van der Waals surface area contributed by atoms with Crippen LogP contribution in [-0.4, -0.2) is 49.3 Å². The molecule has 0 radical (unpaired) electrons. The number of nitrogens with one attached hydrogen (secondary N) is 1. The summed E-state index contributed by atoms with van der Waals surface area (Å²) in [6.45, 7) is 11.0. The van der Waals surface area contributed by atoms with E-state index in [0.29, 0.717) is 24.7 Å². The Balaban J connectivity index is 1.73. The molecule has 0 unspecified atom stereocenters. The monoisotopic (exact) mass is 429 g/mol. The van der Waals surface area contributed by atoms with Crippen molar-refractivity contribution in [2.24, 2.45) is 0 Å². The van der Waals surface area contributed by atoms with Gasteiger partial charge in [0.1, 0.15) is 0 Å². The molecule has 0 saturated carbocycles. The van der Waals surface area contributed by atoms with Gasteiger partial charge in [-0.25, -0.2) is 0 Å². The zero-order valence-corrected chi connectivity index (χ0v) is 18.9. The van der Waals surface area contributed by atoms with Crippen molar-refractivity contribution in [1.82, 2.24) is 4.90 Å². The molecule has 2 aromatic carbocycles. The summed E-state index contributed by atoms with van der Waals surface area (Å²) in [5.74, 6) is 0.325. The highest BCUT2D eigenvalue weighted by atomic mass is 35.5. The summed E-state index contributed by atoms with van der Waals surface area (Å²) in [6.07, 6.45) is 0. The number of hydrogen-bond acceptors (Lipinski definition) is 5. The second-order valence-electron chi connectivity index (χ2n) is 8.24. The summed E-state index contributed by atoms with van der Waals surface area (Å²) in [4.78, 5) is 17.8. The van der Waals surface area contributed by atoms with Crippen molar-refractivity contribution in [2.45, 2.75) is 33.2 Å². The summed E-state index contributed by atoms with van der Waals surface area (Å²) in [6, 6.07) is 12.0. The molecule has 5 nitrogen and oxygen atoms in total. The zero-order chi connectivity index (χ0) is 21.7. The highest BCUT2D eigenvalue weighted by Crippen LogP contribution is 2.25. The summed E-state index contributed by atoms with van der Waals surface area (Å²) in [5, 5.41) is 13.0. The number of aryl methyl sites for hydroxylation is 1. The summed E-state index contributed by atoms with van der Waals surface area (Å²) in [7, 11) is 0. The molecule has 0 spiro atoms. The average molecular weight is 430 g/mol. The molecule has 2 aromatic rings. The molecular weight excluding hydrogens is 398 g/mol. The number of piperazine rings is 1. The number of hydrogen-bond donors (Lipinski definition) is 2. The number of halogens is 1. The number of benzene rings is 1. The first kappa shape index (κ1) is 22.6. The van der Waals surface area contributed by atoms with Crippen LogP contribution >= 0.6 is 11.6 Å². The van der Waals surface area contributed by atoms with E-state index < -0.39 is 0 Å². The summed E-state index contributed by atoms with van der Waals surface area (Å²) < 4.78 is 0. The van der Waals surface area contributed by atoms with Gasteiger partial charge in [-0.3, -0.25) is 9.69 Å². The van der Waals surface area contributed by atoms with Crippen LogP contribution in [-0.2, 0) is 6.54 Å². The topological polar surface area (TPSA) is 55.8 Å². The Bertz CT molecular complexity index is 925. The molecule has 6 heteroatoms. The average Bonchev–Trinajstić information content (AvgIpc) is 2.87. The highest BCUT2D eigenvalue weighted by Gasteiger charge is 2.20. The Kier molecular flexibility index (Phi) is 7.75. The fourth-order valence-electron chi connectivity index (χ4n) is 3.89. The van der Waals surface area contributed by atoms with Crippen LogP contribution in [0.1, 0.15) is 36.5 Å². The van der Waals surface area contributed by atoms with Gasteiger partial charge >= 0.3 is 0 Å². The molecule has 0 atom stereocenters. The minimum Gasteiger partial charge on any atom is -0.395 e. The van der Waals surface area contributed by atoms with Gasteiger partial charge in [0.15, 0.2) is 0 Å². The summed E-state index contributed by atoms with van der Waals surface area (Å²) in [5.41, 5.74) is 4.91. The van der Waals surface area contributed by atoms with Gasteiger partial charge in [-0.15, -0.1) is 0 Å². The first-order valence-corrected chi connectivity index (χ1v) is 11.0. The van der Waals surface area contributed by atoms with Gasteiger partial charge < -0.3 is 15.3 Å². The van der Waals surface area contributed by atoms with Crippen LogP contribution < -0.4 is 15.6 Å². The quantitative estimate of drug-likeness (QED) is 0.700. The van der Waals surface area contributed by atoms with Gasteiger partial charge in [-0.05, 0) is 48.2 Å². The molecule has 0 bridgehead atoms. The zero-order valence-electron chi connectivity index (χ0n) is 18.1. The third-order valence-corrected chi connectivity index (χ3v) is 5.92. The molecule has 0 aliphatic carbocycles. The fraction of sp³-hybridized carbons (Fsp3) is 0.458. The Labute approximate surface area is 184 Å². The van der Waals surface area contributed by atoms with Crippen molar-refractivity contribution in [3.63, 3.8) is 0 Å². The van der Waals surface area contributed by atoms with E-state index >= 15 is 0 Å². The van der Waals surface area contributed by atoms with Crippen molar-refractivity contribution >= 4 is 23.0 Å². The minimum absolute atomic E-state index is 0.00350. The van der Waals surface area contributed by atoms with E-state index in [2.05, 4.69) is 48.0 Å². The lowest BCUT2D eigenvalue weighted by atomic mass is 10.1. The molecule has 1 saturated heterocycles. The van der Waals surface area contributed by atoms with E-state index in [1.807, 2.05) is 24.3 Å². The number of rotatable bonds is 7. The van der Waals surface area contributed by atoms with E-state index in [0.717, 1.165) is 42.3 Å². The Morgan fingerprint density at radius 2 is 1.83 bits per heavy atom. The lowest BCUT2D eigenvalue weighted by Gasteiger charge is -2.36. The Hall–Kier alpha value is -2.08. The number of aliphatic hydroxyl groups is 1. The molecule has 1 heterocycles. The maximum atomic E-state index is 13.1. The van der Waals surface area contributed by atoms with Gasteiger partial charge in [-0.1, -0.05) is 37.6 Å². The normalized spacial score (nSPS) is 14.9. The lowest BCUT2D eigenvalue weighted by molar-refractivity contribution is 0.249. The van der Waals surface area contributed by atoms with Crippen molar-refractivity contribution in [3.8, 4) is 0 Å².